The van der Waals surface area contributed by atoms with Crippen LogP contribution < -0.4 is 4.74 Å². The van der Waals surface area contributed by atoms with Crippen molar-refractivity contribution < 1.29 is 9.53 Å². The number of hydrogen-bond donors (Lipinski definition) is 0. The molecule has 0 amide bonds. The van der Waals surface area contributed by atoms with Gasteiger partial charge >= 0.3 is 5.97 Å². The normalized spacial score (nSPS) is 10.6. The number of halogens is 1. The minimum absolute atomic E-state index is 0.303. The average molecular weight is 380 g/mol. The van der Waals surface area contributed by atoms with E-state index >= 15 is 0 Å². The Kier molecular flexibility index (Phi) is 3.52. The van der Waals surface area contributed by atoms with E-state index < -0.39 is 0 Å². The van der Waals surface area contributed by atoms with E-state index in [9.17, 15) is 4.79 Å². The van der Waals surface area contributed by atoms with E-state index in [1.54, 1.807) is 12.1 Å². The molecule has 1 aromatic heterocycles. The van der Waals surface area contributed by atoms with E-state index in [0.717, 1.165) is 13.7 Å². The van der Waals surface area contributed by atoms with Crippen LogP contribution in [0.5, 0.6) is 5.75 Å². The fourth-order valence-corrected chi connectivity index (χ4v) is 3.04. The number of ether oxygens (including phenoxy) is 1. The van der Waals surface area contributed by atoms with Crippen LogP contribution in [0.15, 0.2) is 54.6 Å². The molecule has 0 N–H and O–H groups in total. The van der Waals surface area contributed by atoms with Crippen LogP contribution >= 0.6 is 33.9 Å². The first kappa shape index (κ1) is 12.6. The van der Waals surface area contributed by atoms with Crippen molar-refractivity contribution >= 4 is 50.0 Å². The van der Waals surface area contributed by atoms with Crippen LogP contribution in [-0.2, 0) is 0 Å². The van der Waals surface area contributed by atoms with Gasteiger partial charge in [0, 0.05) is 8.27 Å². The van der Waals surface area contributed by atoms with Crippen LogP contribution in [0.3, 0.4) is 0 Å². The summed E-state index contributed by atoms with van der Waals surface area (Å²) in [5.41, 5.74) is 0. The molecule has 0 bridgehead atoms. The van der Waals surface area contributed by atoms with Crippen molar-refractivity contribution in [1.29, 1.82) is 0 Å². The fourth-order valence-electron chi connectivity index (χ4n) is 1.74. The monoisotopic (exact) mass is 380 g/mol. The summed E-state index contributed by atoms with van der Waals surface area (Å²) in [6.07, 6.45) is 0. The van der Waals surface area contributed by atoms with Crippen molar-refractivity contribution in [3.8, 4) is 5.75 Å². The molecule has 0 unspecified atom stereocenters. The van der Waals surface area contributed by atoms with E-state index in [4.69, 9.17) is 4.74 Å². The van der Waals surface area contributed by atoms with Gasteiger partial charge in [-0.25, -0.2) is 4.79 Å². The van der Waals surface area contributed by atoms with E-state index in [-0.39, 0.29) is 5.97 Å². The summed E-state index contributed by atoms with van der Waals surface area (Å²) in [6, 6.07) is 17.2. The summed E-state index contributed by atoms with van der Waals surface area (Å²) in [6.45, 7) is 0. The molecule has 0 aliphatic heterocycles. The van der Waals surface area contributed by atoms with Crippen molar-refractivity contribution in [3.63, 3.8) is 0 Å². The van der Waals surface area contributed by atoms with Crippen LogP contribution in [0.1, 0.15) is 9.67 Å². The highest BCUT2D eigenvalue weighted by atomic mass is 127. The van der Waals surface area contributed by atoms with Crippen LogP contribution in [0.4, 0.5) is 0 Å². The maximum atomic E-state index is 12.1. The Labute approximate surface area is 128 Å². The molecule has 0 fully saturated rings. The summed E-state index contributed by atoms with van der Waals surface area (Å²) >= 11 is 3.66. The number of hydrogen-bond acceptors (Lipinski definition) is 3. The Bertz CT molecular complexity index is 698. The fraction of sp³-hybridized carbons (Fsp3) is 0. The number of carbonyl (C=O) groups excluding carboxylic acids is 1. The van der Waals surface area contributed by atoms with Gasteiger partial charge in [-0.2, -0.15) is 0 Å². The van der Waals surface area contributed by atoms with E-state index in [1.165, 1.54) is 11.3 Å². The molecule has 3 aromatic rings. The number of thiophene rings is 1. The van der Waals surface area contributed by atoms with Crippen molar-refractivity contribution in [2.45, 2.75) is 0 Å². The first-order valence-corrected chi connectivity index (χ1v) is 7.58. The number of carbonyl (C=O) groups is 1. The highest BCUT2D eigenvalue weighted by Crippen LogP contribution is 2.26. The van der Waals surface area contributed by atoms with Crippen molar-refractivity contribution in [3.05, 3.63) is 63.0 Å². The van der Waals surface area contributed by atoms with E-state index in [0.29, 0.717) is 10.6 Å². The minimum Gasteiger partial charge on any atom is -0.422 e. The van der Waals surface area contributed by atoms with Crippen molar-refractivity contribution in [2.24, 2.45) is 0 Å². The third-order valence-electron chi connectivity index (χ3n) is 2.65. The number of benzene rings is 2. The van der Waals surface area contributed by atoms with Crippen LogP contribution in [-0.4, -0.2) is 5.97 Å². The van der Waals surface area contributed by atoms with E-state index in [2.05, 4.69) is 22.6 Å². The van der Waals surface area contributed by atoms with E-state index in [1.807, 2.05) is 42.5 Å². The lowest BCUT2D eigenvalue weighted by Crippen LogP contribution is -2.06. The van der Waals surface area contributed by atoms with Gasteiger partial charge in [-0.05, 0) is 64.4 Å². The Hall–Kier alpha value is -1.40. The Morgan fingerprint density at radius 3 is 2.53 bits per heavy atom. The van der Waals surface area contributed by atoms with Gasteiger partial charge in [0.1, 0.15) is 10.6 Å². The molecule has 4 heteroatoms. The molecule has 0 atom stereocenters. The third kappa shape index (κ3) is 2.79. The Balaban J connectivity index is 1.85. The number of esters is 1. The molecule has 3 rings (SSSR count). The highest BCUT2D eigenvalue weighted by Gasteiger charge is 2.12. The largest absolute Gasteiger partial charge is 0.422 e. The van der Waals surface area contributed by atoms with Gasteiger partial charge < -0.3 is 4.74 Å². The smallest absolute Gasteiger partial charge is 0.353 e. The van der Waals surface area contributed by atoms with Gasteiger partial charge in [0.05, 0.1) is 0 Å². The zero-order chi connectivity index (χ0) is 13.2. The second-order valence-corrected chi connectivity index (χ2v) is 6.32. The summed E-state index contributed by atoms with van der Waals surface area (Å²) < 4.78 is 7.56. The van der Waals surface area contributed by atoms with Gasteiger partial charge in [-0.1, -0.05) is 18.2 Å². The van der Waals surface area contributed by atoms with Gasteiger partial charge in [0.25, 0.3) is 0 Å². The predicted molar refractivity (Wildman–Crippen MR) is 85.9 cm³/mol. The average Bonchev–Trinajstić information content (AvgIpc) is 2.85. The highest BCUT2D eigenvalue weighted by molar-refractivity contribution is 14.1. The topological polar surface area (TPSA) is 26.3 Å². The summed E-state index contributed by atoms with van der Waals surface area (Å²) in [5, 5.41) is 1.07. The molecule has 94 valence electrons. The van der Waals surface area contributed by atoms with Crippen LogP contribution in [0.2, 0.25) is 0 Å². The molecule has 0 saturated carbocycles. The maximum Gasteiger partial charge on any atom is 0.353 e. The molecule has 19 heavy (non-hydrogen) atoms. The zero-order valence-corrected chi connectivity index (χ0v) is 12.8. The SMILES string of the molecule is O=C(Oc1ccc(I)cc1)c1cc2ccccc2s1. The lowest BCUT2D eigenvalue weighted by atomic mass is 10.2. The molecule has 0 radical (unpaired) electrons. The lowest BCUT2D eigenvalue weighted by Gasteiger charge is -2.01. The predicted octanol–water partition coefficient (Wildman–Crippen LogP) is 4.73. The minimum atomic E-state index is -0.303. The number of rotatable bonds is 2. The molecule has 0 aliphatic rings. The Morgan fingerprint density at radius 1 is 1.05 bits per heavy atom. The first-order chi connectivity index (χ1) is 9.22. The maximum absolute atomic E-state index is 12.1. The quantitative estimate of drug-likeness (QED) is 0.365. The first-order valence-electron chi connectivity index (χ1n) is 5.69. The summed E-state index contributed by atoms with van der Waals surface area (Å²) in [4.78, 5) is 12.7. The third-order valence-corrected chi connectivity index (χ3v) is 4.47. The molecule has 2 nitrogen and oxygen atoms in total. The molecule has 0 spiro atoms. The molecule has 1 heterocycles. The summed E-state index contributed by atoms with van der Waals surface area (Å²) in [7, 11) is 0. The summed E-state index contributed by atoms with van der Waals surface area (Å²) in [5.74, 6) is 0.269. The Morgan fingerprint density at radius 2 is 1.79 bits per heavy atom. The van der Waals surface area contributed by atoms with Crippen molar-refractivity contribution in [2.75, 3.05) is 0 Å². The standard InChI is InChI=1S/C15H9IO2S/c16-11-5-7-12(8-6-11)18-15(17)14-9-10-3-1-2-4-13(10)19-14/h1-9H. The number of fused-ring (bicyclic) bond motifs is 1. The van der Waals surface area contributed by atoms with Crippen molar-refractivity contribution in [1.82, 2.24) is 0 Å². The molecule has 0 aliphatic carbocycles. The lowest BCUT2D eigenvalue weighted by molar-refractivity contribution is 0.0740. The van der Waals surface area contributed by atoms with Gasteiger partial charge in [0.2, 0.25) is 0 Å². The van der Waals surface area contributed by atoms with Gasteiger partial charge in [-0.3, -0.25) is 0 Å². The van der Waals surface area contributed by atoms with Gasteiger partial charge in [-0.15, -0.1) is 11.3 Å². The molecular weight excluding hydrogens is 371 g/mol. The second-order valence-electron chi connectivity index (χ2n) is 3.99. The van der Waals surface area contributed by atoms with Crippen LogP contribution in [0, 0.1) is 3.57 Å². The molecule has 2 aromatic carbocycles. The molecule has 0 saturated heterocycles. The molecular formula is C15H9IO2S. The zero-order valence-electron chi connectivity index (χ0n) is 9.80. The van der Waals surface area contributed by atoms with Crippen LogP contribution in [0.25, 0.3) is 10.1 Å². The van der Waals surface area contributed by atoms with Gasteiger partial charge in [0.15, 0.2) is 0 Å². The second kappa shape index (κ2) is 5.30.